The third-order valence-electron chi connectivity index (χ3n) is 3.51. The maximum Gasteiger partial charge on any atom is 0.236 e. The molecule has 1 rings (SSSR count). The van der Waals surface area contributed by atoms with Crippen molar-refractivity contribution in [3.63, 3.8) is 0 Å². The van der Waals surface area contributed by atoms with Crippen LogP contribution in [0.4, 0.5) is 0 Å². The Balaban J connectivity index is 2.82. The number of alkyl halides is 1. The zero-order valence-corrected chi connectivity index (χ0v) is 12.1. The van der Waals surface area contributed by atoms with E-state index in [0.717, 1.165) is 0 Å². The van der Waals surface area contributed by atoms with E-state index in [0.29, 0.717) is 13.0 Å². The van der Waals surface area contributed by atoms with Gasteiger partial charge in [0.15, 0.2) is 0 Å². The summed E-state index contributed by atoms with van der Waals surface area (Å²) < 4.78 is 0. The number of imide groups is 1. The van der Waals surface area contributed by atoms with Gasteiger partial charge in [0, 0.05) is 18.8 Å². The Labute approximate surface area is 108 Å². The molecule has 0 bridgehead atoms. The van der Waals surface area contributed by atoms with Gasteiger partial charge in [-0.3, -0.25) is 14.5 Å². The topological polar surface area (TPSA) is 37.4 Å². The summed E-state index contributed by atoms with van der Waals surface area (Å²) in [4.78, 5) is 25.5. The summed E-state index contributed by atoms with van der Waals surface area (Å²) in [6.45, 7) is 10.4. The Bertz CT molecular complexity index is 331. The Hall–Kier alpha value is -0.570. The number of amides is 2. The number of likely N-dealkylation sites (tertiary alicyclic amines) is 1. The van der Waals surface area contributed by atoms with Crippen LogP contribution in [-0.2, 0) is 9.59 Å². The van der Waals surface area contributed by atoms with E-state index in [-0.39, 0.29) is 29.0 Å². The van der Waals surface area contributed by atoms with Crippen molar-refractivity contribution < 1.29 is 9.59 Å². The molecule has 0 aromatic carbocycles. The van der Waals surface area contributed by atoms with Gasteiger partial charge < -0.3 is 0 Å². The lowest BCUT2D eigenvalue weighted by Crippen LogP contribution is -2.43. The minimum atomic E-state index is -0.663. The quantitative estimate of drug-likeness (QED) is 0.715. The summed E-state index contributed by atoms with van der Waals surface area (Å²) in [5, 5.41) is 0. The minimum Gasteiger partial charge on any atom is -0.282 e. The van der Waals surface area contributed by atoms with Crippen molar-refractivity contribution in [3.05, 3.63) is 0 Å². The number of halogens is 1. The molecule has 17 heavy (non-hydrogen) atoms. The summed E-state index contributed by atoms with van der Waals surface area (Å²) in [5.74, 6) is 0.262. The highest BCUT2D eigenvalue weighted by Gasteiger charge is 2.43. The standard InChI is InChI=1S/C13H22ClNO2/c1-12(2,3)9-6-10(16)15(7-9)11(17)13(4,5)8-14/h9H,6-8H2,1-5H3. The molecule has 0 spiro atoms. The first-order chi connectivity index (χ1) is 7.59. The molecule has 0 radical (unpaired) electrons. The number of hydrogen-bond acceptors (Lipinski definition) is 2. The maximum absolute atomic E-state index is 12.2. The molecule has 4 heteroatoms. The first kappa shape index (κ1) is 14.5. The zero-order chi connectivity index (χ0) is 13.4. The van der Waals surface area contributed by atoms with E-state index >= 15 is 0 Å². The van der Waals surface area contributed by atoms with Gasteiger partial charge in [0.2, 0.25) is 11.8 Å². The minimum absolute atomic E-state index is 0.0514. The average Bonchev–Trinajstić information content (AvgIpc) is 2.58. The third kappa shape index (κ3) is 3.01. The van der Waals surface area contributed by atoms with E-state index < -0.39 is 5.41 Å². The molecule has 1 atom stereocenters. The molecule has 1 unspecified atom stereocenters. The van der Waals surface area contributed by atoms with Crippen molar-refractivity contribution in [2.24, 2.45) is 16.7 Å². The van der Waals surface area contributed by atoms with Crippen molar-refractivity contribution in [2.45, 2.75) is 41.0 Å². The molecule has 1 fully saturated rings. The molecule has 1 aliphatic rings. The van der Waals surface area contributed by atoms with Gasteiger partial charge in [-0.25, -0.2) is 0 Å². The number of carbonyl (C=O) groups is 2. The van der Waals surface area contributed by atoms with Gasteiger partial charge in [0.05, 0.1) is 5.41 Å². The van der Waals surface area contributed by atoms with Crippen LogP contribution in [0.15, 0.2) is 0 Å². The highest BCUT2D eigenvalue weighted by atomic mass is 35.5. The summed E-state index contributed by atoms with van der Waals surface area (Å²) in [7, 11) is 0. The van der Waals surface area contributed by atoms with E-state index in [1.54, 1.807) is 13.8 Å². The summed E-state index contributed by atoms with van der Waals surface area (Å²) in [5.41, 5.74) is -0.611. The van der Waals surface area contributed by atoms with Crippen molar-refractivity contribution in [3.8, 4) is 0 Å². The molecule has 0 aromatic heterocycles. The molecule has 98 valence electrons. The first-order valence-corrected chi connectivity index (χ1v) is 6.54. The SMILES string of the molecule is CC(C)(CCl)C(=O)N1CC(C(C)(C)C)CC1=O. The lowest BCUT2D eigenvalue weighted by molar-refractivity contribution is -0.147. The zero-order valence-electron chi connectivity index (χ0n) is 11.3. The maximum atomic E-state index is 12.2. The second-order valence-corrected chi connectivity index (χ2v) is 6.86. The van der Waals surface area contributed by atoms with Gasteiger partial charge >= 0.3 is 0 Å². The van der Waals surface area contributed by atoms with Gasteiger partial charge in [-0.05, 0) is 25.2 Å². The number of hydrogen-bond donors (Lipinski definition) is 0. The van der Waals surface area contributed by atoms with Crippen molar-refractivity contribution in [2.75, 3.05) is 12.4 Å². The van der Waals surface area contributed by atoms with Gasteiger partial charge in [-0.15, -0.1) is 11.6 Å². The molecule has 0 aromatic rings. The monoisotopic (exact) mass is 259 g/mol. The van der Waals surface area contributed by atoms with Crippen molar-refractivity contribution >= 4 is 23.4 Å². The molecular weight excluding hydrogens is 238 g/mol. The molecule has 1 heterocycles. The van der Waals surface area contributed by atoms with Crippen LogP contribution in [0.2, 0.25) is 0 Å². The van der Waals surface area contributed by atoms with E-state index in [1.807, 2.05) is 0 Å². The van der Waals surface area contributed by atoms with E-state index in [4.69, 9.17) is 11.6 Å². The van der Waals surface area contributed by atoms with Crippen LogP contribution in [0, 0.1) is 16.7 Å². The summed E-state index contributed by atoms with van der Waals surface area (Å²) >= 11 is 5.78. The molecular formula is C13H22ClNO2. The second kappa shape index (κ2) is 4.60. The fraction of sp³-hybridized carbons (Fsp3) is 0.846. The molecule has 0 saturated carbocycles. The summed E-state index contributed by atoms with van der Waals surface area (Å²) in [6.07, 6.45) is 0.466. The third-order valence-corrected chi connectivity index (χ3v) is 4.18. The normalized spacial score (nSPS) is 22.1. The Morgan fingerprint density at radius 3 is 2.24 bits per heavy atom. The van der Waals surface area contributed by atoms with Crippen LogP contribution in [0.3, 0.4) is 0 Å². The number of nitrogens with zero attached hydrogens (tertiary/aromatic N) is 1. The van der Waals surface area contributed by atoms with Gasteiger partial charge in [0.25, 0.3) is 0 Å². The Morgan fingerprint density at radius 2 is 1.88 bits per heavy atom. The first-order valence-electron chi connectivity index (χ1n) is 6.00. The van der Waals surface area contributed by atoms with Crippen LogP contribution >= 0.6 is 11.6 Å². The highest BCUT2D eigenvalue weighted by Crippen LogP contribution is 2.36. The lowest BCUT2D eigenvalue weighted by atomic mass is 9.80. The molecule has 3 nitrogen and oxygen atoms in total. The number of carbonyl (C=O) groups excluding carboxylic acids is 2. The number of rotatable bonds is 2. The molecule has 0 N–H and O–H groups in total. The van der Waals surface area contributed by atoms with Gasteiger partial charge in [-0.1, -0.05) is 20.8 Å². The van der Waals surface area contributed by atoms with Gasteiger partial charge in [-0.2, -0.15) is 0 Å². The van der Waals surface area contributed by atoms with Crippen LogP contribution in [-0.4, -0.2) is 29.1 Å². The van der Waals surface area contributed by atoms with Crippen LogP contribution < -0.4 is 0 Å². The lowest BCUT2D eigenvalue weighted by Gasteiger charge is -2.29. The fourth-order valence-corrected chi connectivity index (χ4v) is 2.02. The predicted octanol–water partition coefficient (Wildman–Crippen LogP) is 2.67. The molecule has 2 amide bonds. The summed E-state index contributed by atoms with van der Waals surface area (Å²) in [6, 6.07) is 0. The molecule has 1 aliphatic heterocycles. The smallest absolute Gasteiger partial charge is 0.236 e. The average molecular weight is 260 g/mol. The Kier molecular flexibility index (Phi) is 3.92. The van der Waals surface area contributed by atoms with E-state index in [9.17, 15) is 9.59 Å². The van der Waals surface area contributed by atoms with Gasteiger partial charge in [0.1, 0.15) is 0 Å². The van der Waals surface area contributed by atoms with E-state index in [1.165, 1.54) is 4.90 Å². The van der Waals surface area contributed by atoms with Crippen LogP contribution in [0.5, 0.6) is 0 Å². The predicted molar refractivity (Wildman–Crippen MR) is 68.8 cm³/mol. The largest absolute Gasteiger partial charge is 0.282 e. The molecule has 1 saturated heterocycles. The second-order valence-electron chi connectivity index (χ2n) is 6.59. The Morgan fingerprint density at radius 1 is 1.35 bits per heavy atom. The molecule has 0 aliphatic carbocycles. The van der Waals surface area contributed by atoms with Crippen LogP contribution in [0.25, 0.3) is 0 Å². The van der Waals surface area contributed by atoms with Crippen molar-refractivity contribution in [1.29, 1.82) is 0 Å². The van der Waals surface area contributed by atoms with Crippen LogP contribution in [0.1, 0.15) is 41.0 Å². The fourth-order valence-electron chi connectivity index (χ4n) is 1.91. The van der Waals surface area contributed by atoms with Crippen molar-refractivity contribution in [1.82, 2.24) is 4.90 Å². The van der Waals surface area contributed by atoms with E-state index in [2.05, 4.69) is 20.8 Å². The highest BCUT2D eigenvalue weighted by molar-refractivity contribution is 6.20.